The van der Waals surface area contributed by atoms with E-state index < -0.39 is 0 Å². The highest BCUT2D eigenvalue weighted by molar-refractivity contribution is 5.69. The van der Waals surface area contributed by atoms with E-state index in [0.717, 1.165) is 36.3 Å². The maximum atomic E-state index is 9.52. The Morgan fingerprint density at radius 1 is 1.29 bits per heavy atom. The Balaban J connectivity index is 2.79. The van der Waals surface area contributed by atoms with E-state index in [1.807, 2.05) is 25.1 Å². The molecule has 3 heteroatoms. The number of para-hydroxylation sites is 1. The van der Waals surface area contributed by atoms with Gasteiger partial charge in [0, 0.05) is 12.0 Å². The third-order valence-corrected chi connectivity index (χ3v) is 3.78. The van der Waals surface area contributed by atoms with Gasteiger partial charge in [0.05, 0.1) is 18.0 Å². The summed E-state index contributed by atoms with van der Waals surface area (Å²) in [5.74, 6) is 0. The summed E-state index contributed by atoms with van der Waals surface area (Å²) in [6.07, 6.45) is 1.91. The fraction of sp³-hybridized carbons (Fsp3) is 0.571. The molecule has 0 saturated heterocycles. The number of aliphatic hydroxyl groups is 1. The Kier molecular flexibility index (Phi) is 4.82. The van der Waals surface area contributed by atoms with Crippen molar-refractivity contribution in [2.24, 2.45) is 5.41 Å². The van der Waals surface area contributed by atoms with Crippen molar-refractivity contribution in [2.45, 2.75) is 33.6 Å². The number of nitrogens with one attached hydrogen (secondary N) is 1. The van der Waals surface area contributed by atoms with E-state index in [0.29, 0.717) is 0 Å². The van der Waals surface area contributed by atoms with Crippen molar-refractivity contribution in [1.29, 1.82) is 0 Å². The van der Waals surface area contributed by atoms with Crippen LogP contribution in [0.4, 0.5) is 11.4 Å². The summed E-state index contributed by atoms with van der Waals surface area (Å²) in [4.78, 5) is 0. The van der Waals surface area contributed by atoms with Gasteiger partial charge in [-0.05, 0) is 31.4 Å². The fourth-order valence-electron chi connectivity index (χ4n) is 1.99. The van der Waals surface area contributed by atoms with Crippen molar-refractivity contribution in [3.8, 4) is 0 Å². The monoisotopic (exact) mass is 236 g/mol. The van der Waals surface area contributed by atoms with Crippen molar-refractivity contribution in [3.63, 3.8) is 0 Å². The van der Waals surface area contributed by atoms with Gasteiger partial charge >= 0.3 is 0 Å². The second-order valence-corrected chi connectivity index (χ2v) is 4.76. The number of hydrogen-bond donors (Lipinski definition) is 3. The molecule has 0 saturated carbocycles. The Labute approximate surface area is 104 Å². The number of nitrogen functional groups attached to an aromatic ring is 1. The predicted molar refractivity (Wildman–Crippen MR) is 74.2 cm³/mol. The molecule has 4 N–H and O–H groups in total. The second kappa shape index (κ2) is 5.92. The van der Waals surface area contributed by atoms with Crippen LogP contribution in [0.2, 0.25) is 0 Å². The van der Waals surface area contributed by atoms with Gasteiger partial charge in [-0.25, -0.2) is 0 Å². The van der Waals surface area contributed by atoms with E-state index in [4.69, 9.17) is 5.73 Å². The van der Waals surface area contributed by atoms with E-state index in [1.54, 1.807) is 0 Å². The lowest BCUT2D eigenvalue weighted by Crippen LogP contribution is -2.32. The first-order chi connectivity index (χ1) is 8.08. The van der Waals surface area contributed by atoms with Crippen LogP contribution in [0.15, 0.2) is 18.2 Å². The average molecular weight is 236 g/mol. The molecular weight excluding hydrogens is 212 g/mol. The highest BCUT2D eigenvalue weighted by atomic mass is 16.3. The van der Waals surface area contributed by atoms with Crippen molar-refractivity contribution < 1.29 is 5.11 Å². The molecule has 0 atom stereocenters. The first kappa shape index (κ1) is 13.8. The van der Waals surface area contributed by atoms with Crippen LogP contribution in [0.25, 0.3) is 0 Å². The normalized spacial score (nSPS) is 11.5. The second-order valence-electron chi connectivity index (χ2n) is 4.76. The van der Waals surface area contributed by atoms with Crippen molar-refractivity contribution in [1.82, 2.24) is 0 Å². The zero-order valence-corrected chi connectivity index (χ0v) is 11.1. The van der Waals surface area contributed by atoms with Gasteiger partial charge in [0.15, 0.2) is 0 Å². The number of aryl methyl sites for hydroxylation is 1. The Morgan fingerprint density at radius 2 is 1.94 bits per heavy atom. The van der Waals surface area contributed by atoms with Crippen LogP contribution in [0, 0.1) is 12.3 Å². The van der Waals surface area contributed by atoms with Crippen molar-refractivity contribution in [2.75, 3.05) is 24.2 Å². The standard InChI is InChI=1S/C14H24N2O/c1-4-14(5-2,10-17)9-16-13-11(3)7-6-8-12(13)15/h6-8,16-17H,4-5,9-10,15H2,1-3H3. The summed E-state index contributed by atoms with van der Waals surface area (Å²) in [7, 11) is 0. The molecule has 0 aliphatic rings. The third kappa shape index (κ3) is 3.13. The van der Waals surface area contributed by atoms with Crippen LogP contribution in [0.1, 0.15) is 32.3 Å². The molecule has 0 aliphatic carbocycles. The quantitative estimate of drug-likeness (QED) is 0.666. The van der Waals surface area contributed by atoms with Gasteiger partial charge in [-0.1, -0.05) is 26.0 Å². The molecule has 17 heavy (non-hydrogen) atoms. The number of hydrogen-bond acceptors (Lipinski definition) is 3. The molecule has 0 aromatic heterocycles. The lowest BCUT2D eigenvalue weighted by atomic mass is 9.83. The molecule has 0 aliphatic heterocycles. The maximum absolute atomic E-state index is 9.52. The molecule has 1 aromatic rings. The minimum absolute atomic E-state index is 0.0469. The summed E-state index contributed by atoms with van der Waals surface area (Å²) in [6.45, 7) is 7.23. The topological polar surface area (TPSA) is 58.3 Å². The molecule has 1 aromatic carbocycles. The Hall–Kier alpha value is -1.22. The van der Waals surface area contributed by atoms with Gasteiger partial charge in [-0.15, -0.1) is 0 Å². The van der Waals surface area contributed by atoms with Gasteiger partial charge in [0.25, 0.3) is 0 Å². The van der Waals surface area contributed by atoms with Gasteiger partial charge in [0.1, 0.15) is 0 Å². The Morgan fingerprint density at radius 3 is 2.41 bits per heavy atom. The SMILES string of the molecule is CCC(CC)(CO)CNc1c(C)cccc1N. The summed E-state index contributed by atoms with van der Waals surface area (Å²) in [6, 6.07) is 5.89. The largest absolute Gasteiger partial charge is 0.397 e. The molecule has 0 amide bonds. The molecular formula is C14H24N2O. The molecule has 0 radical (unpaired) electrons. The van der Waals surface area contributed by atoms with Gasteiger partial charge < -0.3 is 16.2 Å². The van der Waals surface area contributed by atoms with Crippen LogP contribution < -0.4 is 11.1 Å². The molecule has 96 valence electrons. The Bertz CT molecular complexity index is 331. The van der Waals surface area contributed by atoms with Gasteiger partial charge in [0.2, 0.25) is 0 Å². The average Bonchev–Trinajstić information content (AvgIpc) is 2.34. The van der Waals surface area contributed by atoms with Crippen LogP contribution >= 0.6 is 0 Å². The van der Waals surface area contributed by atoms with Gasteiger partial charge in [-0.2, -0.15) is 0 Å². The molecule has 0 heterocycles. The molecule has 3 nitrogen and oxygen atoms in total. The fourth-order valence-corrected chi connectivity index (χ4v) is 1.99. The van der Waals surface area contributed by atoms with Crippen LogP contribution in [0.5, 0.6) is 0 Å². The third-order valence-electron chi connectivity index (χ3n) is 3.78. The number of nitrogens with two attached hydrogens (primary N) is 1. The zero-order valence-electron chi connectivity index (χ0n) is 11.1. The van der Waals surface area contributed by atoms with E-state index >= 15 is 0 Å². The van der Waals surface area contributed by atoms with Gasteiger partial charge in [-0.3, -0.25) is 0 Å². The van der Waals surface area contributed by atoms with E-state index in [2.05, 4.69) is 19.2 Å². The van der Waals surface area contributed by atoms with E-state index in [9.17, 15) is 5.11 Å². The molecule has 0 fully saturated rings. The summed E-state index contributed by atoms with van der Waals surface area (Å²) in [5, 5.41) is 12.9. The van der Waals surface area contributed by atoms with Crippen LogP contribution in [-0.2, 0) is 0 Å². The summed E-state index contributed by atoms with van der Waals surface area (Å²) < 4.78 is 0. The smallest absolute Gasteiger partial charge is 0.0603 e. The lowest BCUT2D eigenvalue weighted by Gasteiger charge is -2.30. The molecule has 0 spiro atoms. The van der Waals surface area contributed by atoms with Crippen molar-refractivity contribution in [3.05, 3.63) is 23.8 Å². The number of benzene rings is 1. The number of anilines is 2. The number of rotatable bonds is 6. The van der Waals surface area contributed by atoms with E-state index in [-0.39, 0.29) is 12.0 Å². The maximum Gasteiger partial charge on any atom is 0.0603 e. The van der Waals surface area contributed by atoms with Crippen molar-refractivity contribution >= 4 is 11.4 Å². The summed E-state index contributed by atoms with van der Waals surface area (Å²) in [5.41, 5.74) is 8.81. The first-order valence-electron chi connectivity index (χ1n) is 6.28. The van der Waals surface area contributed by atoms with E-state index in [1.165, 1.54) is 0 Å². The molecule has 1 rings (SSSR count). The van der Waals surface area contributed by atoms with Crippen LogP contribution in [0.3, 0.4) is 0 Å². The number of aliphatic hydroxyl groups excluding tert-OH is 1. The zero-order chi connectivity index (χ0) is 12.9. The highest BCUT2D eigenvalue weighted by Crippen LogP contribution is 2.29. The lowest BCUT2D eigenvalue weighted by molar-refractivity contribution is 0.127. The minimum atomic E-state index is -0.0469. The summed E-state index contributed by atoms with van der Waals surface area (Å²) >= 11 is 0. The first-order valence-corrected chi connectivity index (χ1v) is 6.28. The van der Waals surface area contributed by atoms with Crippen LogP contribution in [-0.4, -0.2) is 18.3 Å². The minimum Gasteiger partial charge on any atom is -0.397 e. The highest BCUT2D eigenvalue weighted by Gasteiger charge is 2.25. The predicted octanol–water partition coefficient (Wildman–Crippen LogP) is 2.79. The molecule has 0 unspecified atom stereocenters. The molecule has 0 bridgehead atoms.